The van der Waals surface area contributed by atoms with Gasteiger partial charge in [-0.2, -0.15) is 0 Å². The molecule has 2 N–H and O–H groups in total. The van der Waals surface area contributed by atoms with Crippen LogP contribution in [-0.4, -0.2) is 37.1 Å². The molecule has 0 bridgehead atoms. The van der Waals surface area contributed by atoms with Crippen LogP contribution in [0.5, 0.6) is 0 Å². The van der Waals surface area contributed by atoms with Gasteiger partial charge in [-0.1, -0.05) is 17.7 Å². The van der Waals surface area contributed by atoms with Gasteiger partial charge in [0.1, 0.15) is 5.82 Å². The molecule has 1 aromatic heterocycles. The average molecular weight is 331 g/mol. The van der Waals surface area contributed by atoms with Crippen molar-refractivity contribution in [1.29, 1.82) is 0 Å². The van der Waals surface area contributed by atoms with Crippen molar-refractivity contribution in [3.05, 3.63) is 52.7 Å². The van der Waals surface area contributed by atoms with Crippen LogP contribution in [0.15, 0.2) is 36.5 Å². The Labute approximate surface area is 140 Å². The number of pyridine rings is 1. The first-order chi connectivity index (χ1) is 11.1. The molecule has 0 radical (unpaired) electrons. The fourth-order valence-corrected chi connectivity index (χ4v) is 2.78. The van der Waals surface area contributed by atoms with Crippen LogP contribution in [0.3, 0.4) is 0 Å². The Kier molecular flexibility index (Phi) is 4.79. The molecule has 0 saturated carbocycles. The zero-order valence-corrected chi connectivity index (χ0v) is 13.7. The number of halogens is 1. The van der Waals surface area contributed by atoms with Crippen molar-refractivity contribution in [3.63, 3.8) is 0 Å². The molecule has 1 aliphatic heterocycles. The normalized spacial score (nSPS) is 14.6. The number of carbonyl (C=O) groups excluding carboxylic acids is 1. The van der Waals surface area contributed by atoms with E-state index in [2.05, 4.69) is 20.5 Å². The van der Waals surface area contributed by atoms with E-state index in [9.17, 15) is 4.79 Å². The van der Waals surface area contributed by atoms with Crippen LogP contribution in [0.4, 0.5) is 11.5 Å². The van der Waals surface area contributed by atoms with Crippen LogP contribution in [0.25, 0.3) is 0 Å². The fourth-order valence-electron chi connectivity index (χ4n) is 2.61. The molecule has 1 aliphatic rings. The molecule has 0 unspecified atom stereocenters. The number of hydrogen-bond acceptors (Lipinski definition) is 4. The number of nitrogens with one attached hydrogen (secondary N) is 2. The van der Waals surface area contributed by atoms with E-state index in [-0.39, 0.29) is 5.91 Å². The average Bonchev–Trinajstić information content (AvgIpc) is 2.59. The summed E-state index contributed by atoms with van der Waals surface area (Å²) in [5, 5.41) is 6.72. The summed E-state index contributed by atoms with van der Waals surface area (Å²) in [5.74, 6) is 0.334. The van der Waals surface area contributed by atoms with E-state index in [1.807, 2.05) is 19.1 Å². The summed E-state index contributed by atoms with van der Waals surface area (Å²) in [7, 11) is 0. The minimum absolute atomic E-state index is 0.201. The van der Waals surface area contributed by atoms with E-state index in [1.54, 1.807) is 24.4 Å². The third-order valence-corrected chi connectivity index (χ3v) is 4.39. The first-order valence-corrected chi connectivity index (χ1v) is 8.01. The molecule has 1 aromatic carbocycles. The number of anilines is 2. The Morgan fingerprint density at radius 3 is 2.74 bits per heavy atom. The Bertz CT molecular complexity index is 696. The summed E-state index contributed by atoms with van der Waals surface area (Å²) >= 11 is 6.06. The van der Waals surface area contributed by atoms with E-state index in [4.69, 9.17) is 11.6 Å². The van der Waals surface area contributed by atoms with E-state index >= 15 is 0 Å². The van der Waals surface area contributed by atoms with Gasteiger partial charge in [0.05, 0.1) is 11.9 Å². The maximum Gasteiger partial charge on any atom is 0.257 e. The van der Waals surface area contributed by atoms with E-state index in [0.717, 1.165) is 37.4 Å². The molecule has 6 heteroatoms. The smallest absolute Gasteiger partial charge is 0.257 e. The molecule has 1 amide bonds. The molecule has 1 saturated heterocycles. The number of carbonyl (C=O) groups is 1. The lowest BCUT2D eigenvalue weighted by atomic mass is 10.1. The molecule has 5 nitrogen and oxygen atoms in total. The lowest BCUT2D eigenvalue weighted by Gasteiger charge is -2.29. The molecule has 120 valence electrons. The van der Waals surface area contributed by atoms with Crippen molar-refractivity contribution < 1.29 is 4.79 Å². The van der Waals surface area contributed by atoms with Gasteiger partial charge in [-0.25, -0.2) is 4.98 Å². The number of nitrogens with zero attached hydrogens (tertiary/aromatic N) is 2. The largest absolute Gasteiger partial charge is 0.368 e. The molecule has 2 aromatic rings. The van der Waals surface area contributed by atoms with Gasteiger partial charge >= 0.3 is 0 Å². The number of piperazine rings is 1. The minimum Gasteiger partial charge on any atom is -0.368 e. The lowest BCUT2D eigenvalue weighted by Crippen LogP contribution is -2.43. The molecule has 3 rings (SSSR count). The van der Waals surface area contributed by atoms with E-state index < -0.39 is 0 Å². The predicted octanol–water partition coefficient (Wildman–Crippen LogP) is 2.71. The molecule has 0 spiro atoms. The summed E-state index contributed by atoms with van der Waals surface area (Å²) in [6.45, 7) is 5.72. The highest BCUT2D eigenvalue weighted by Crippen LogP contribution is 2.20. The Balaban J connectivity index is 1.70. The number of benzene rings is 1. The predicted molar refractivity (Wildman–Crippen MR) is 93.5 cm³/mol. The SMILES string of the molecule is Cc1c(Cl)cccc1C(=O)Nc1ccc(N2CCNCC2)cn1. The quantitative estimate of drug-likeness (QED) is 0.908. The molecular weight excluding hydrogens is 312 g/mol. The monoisotopic (exact) mass is 330 g/mol. The van der Waals surface area contributed by atoms with Gasteiger partial charge < -0.3 is 15.5 Å². The van der Waals surface area contributed by atoms with Crippen molar-refractivity contribution in [2.75, 3.05) is 36.4 Å². The van der Waals surface area contributed by atoms with Gasteiger partial charge in [0.15, 0.2) is 0 Å². The molecular formula is C17H19ClN4O. The molecule has 0 aliphatic carbocycles. The topological polar surface area (TPSA) is 57.3 Å². The van der Waals surface area contributed by atoms with Crippen LogP contribution in [0.1, 0.15) is 15.9 Å². The van der Waals surface area contributed by atoms with Gasteiger partial charge in [0.25, 0.3) is 5.91 Å². The van der Waals surface area contributed by atoms with Crippen LogP contribution in [-0.2, 0) is 0 Å². The van der Waals surface area contributed by atoms with E-state index in [0.29, 0.717) is 16.4 Å². The second-order valence-electron chi connectivity index (χ2n) is 5.51. The van der Waals surface area contributed by atoms with Crippen molar-refractivity contribution in [1.82, 2.24) is 10.3 Å². The summed E-state index contributed by atoms with van der Waals surface area (Å²) in [5.41, 5.74) is 2.40. The third kappa shape index (κ3) is 3.63. The van der Waals surface area contributed by atoms with Gasteiger partial charge in [0.2, 0.25) is 0 Å². The standard InChI is InChI=1S/C17H19ClN4O/c1-12-14(3-2-4-15(12)18)17(23)21-16-6-5-13(11-20-16)22-9-7-19-8-10-22/h2-6,11,19H,7-10H2,1H3,(H,20,21,23). The van der Waals surface area contributed by atoms with Crippen LogP contribution in [0.2, 0.25) is 5.02 Å². The zero-order valence-electron chi connectivity index (χ0n) is 13.0. The third-order valence-electron chi connectivity index (χ3n) is 3.98. The first kappa shape index (κ1) is 15.8. The number of rotatable bonds is 3. The van der Waals surface area contributed by atoms with Crippen LogP contribution >= 0.6 is 11.6 Å². The van der Waals surface area contributed by atoms with Crippen molar-refractivity contribution in [3.8, 4) is 0 Å². The second kappa shape index (κ2) is 6.98. The molecule has 0 atom stereocenters. The first-order valence-electron chi connectivity index (χ1n) is 7.63. The number of amides is 1. The minimum atomic E-state index is -0.201. The molecule has 23 heavy (non-hydrogen) atoms. The maximum atomic E-state index is 12.3. The lowest BCUT2D eigenvalue weighted by molar-refractivity contribution is 0.102. The second-order valence-corrected chi connectivity index (χ2v) is 5.91. The van der Waals surface area contributed by atoms with Crippen LogP contribution in [0, 0.1) is 6.92 Å². The van der Waals surface area contributed by atoms with Gasteiger partial charge in [-0.15, -0.1) is 0 Å². The Morgan fingerprint density at radius 2 is 2.04 bits per heavy atom. The zero-order chi connectivity index (χ0) is 16.2. The van der Waals surface area contributed by atoms with Crippen molar-refractivity contribution >= 4 is 29.0 Å². The number of aromatic nitrogens is 1. The fraction of sp³-hybridized carbons (Fsp3) is 0.294. The highest BCUT2D eigenvalue weighted by atomic mass is 35.5. The summed E-state index contributed by atoms with van der Waals surface area (Å²) in [6.07, 6.45) is 1.80. The molecule has 2 heterocycles. The van der Waals surface area contributed by atoms with Gasteiger partial charge in [0, 0.05) is 36.8 Å². The summed E-state index contributed by atoms with van der Waals surface area (Å²) in [4.78, 5) is 19.0. The van der Waals surface area contributed by atoms with E-state index in [1.165, 1.54) is 0 Å². The Morgan fingerprint density at radius 1 is 1.26 bits per heavy atom. The van der Waals surface area contributed by atoms with Crippen molar-refractivity contribution in [2.45, 2.75) is 6.92 Å². The number of hydrogen-bond donors (Lipinski definition) is 2. The maximum absolute atomic E-state index is 12.3. The van der Waals surface area contributed by atoms with Crippen molar-refractivity contribution in [2.24, 2.45) is 0 Å². The van der Waals surface area contributed by atoms with Gasteiger partial charge in [-0.05, 0) is 36.8 Å². The Hall–Kier alpha value is -2.11. The van der Waals surface area contributed by atoms with Crippen LogP contribution < -0.4 is 15.5 Å². The van der Waals surface area contributed by atoms with Gasteiger partial charge in [-0.3, -0.25) is 4.79 Å². The highest BCUT2D eigenvalue weighted by molar-refractivity contribution is 6.32. The summed E-state index contributed by atoms with van der Waals surface area (Å²) in [6, 6.07) is 9.11. The molecule has 1 fully saturated rings. The highest BCUT2D eigenvalue weighted by Gasteiger charge is 2.13. The summed E-state index contributed by atoms with van der Waals surface area (Å²) < 4.78 is 0.